The maximum atomic E-state index is 9.81. The van der Waals surface area contributed by atoms with Crippen molar-refractivity contribution in [3.05, 3.63) is 0 Å². The molecule has 2 nitrogen and oxygen atoms in total. The maximum absolute atomic E-state index is 9.81. The average molecular weight is 280 g/mol. The normalized spacial score (nSPS) is 41.1. The molecule has 4 fully saturated rings. The number of hydrogen-bond acceptors (Lipinski definition) is 1. The summed E-state index contributed by atoms with van der Waals surface area (Å²) in [6.45, 7) is 6.26. The minimum Gasteiger partial charge on any atom is -0.390 e. The third kappa shape index (κ3) is 3.39. The van der Waals surface area contributed by atoms with E-state index in [0.717, 1.165) is 48.6 Å². The molecule has 20 heavy (non-hydrogen) atoms. The first-order chi connectivity index (χ1) is 9.40. The Balaban J connectivity index is 1.46. The van der Waals surface area contributed by atoms with E-state index in [1.807, 2.05) is 13.8 Å². The van der Waals surface area contributed by atoms with E-state index in [1.165, 1.54) is 32.1 Å². The van der Waals surface area contributed by atoms with Crippen molar-refractivity contribution >= 4 is 0 Å². The van der Waals surface area contributed by atoms with Crippen LogP contribution in [-0.4, -0.2) is 22.8 Å². The van der Waals surface area contributed by atoms with Crippen molar-refractivity contribution in [3.63, 3.8) is 0 Å². The van der Waals surface area contributed by atoms with Gasteiger partial charge in [-0.2, -0.15) is 0 Å². The molecule has 0 amide bonds. The minimum absolute atomic E-state index is 0.484. The van der Waals surface area contributed by atoms with E-state index in [0.29, 0.717) is 0 Å². The quantitative estimate of drug-likeness (QED) is 0.771. The van der Waals surface area contributed by atoms with Gasteiger partial charge in [0.1, 0.15) is 0 Å². The van der Waals surface area contributed by atoms with Gasteiger partial charge in [-0.05, 0) is 84.0 Å². The Hall–Kier alpha value is -0.0800. The molecule has 1 atom stereocenters. The molecule has 116 valence electrons. The predicted octanol–water partition coefficient (Wildman–Crippen LogP) is 2.70. The molecule has 4 bridgehead atoms. The Morgan fingerprint density at radius 1 is 1.05 bits per heavy atom. The molecule has 4 rings (SSSR count). The van der Waals surface area contributed by atoms with Gasteiger partial charge in [0.05, 0.1) is 17.7 Å². The molecule has 4 aliphatic carbocycles. The number of quaternary nitrogens is 1. The summed E-state index contributed by atoms with van der Waals surface area (Å²) in [6, 6.07) is 1.67. The van der Waals surface area contributed by atoms with E-state index in [-0.39, 0.29) is 0 Å². The Morgan fingerprint density at radius 3 is 2.10 bits per heavy atom. The van der Waals surface area contributed by atoms with Crippen LogP contribution >= 0.6 is 0 Å². The molecule has 0 aromatic rings. The summed E-state index contributed by atoms with van der Waals surface area (Å²) in [4.78, 5) is 0. The van der Waals surface area contributed by atoms with Crippen LogP contribution in [0.25, 0.3) is 0 Å². The lowest BCUT2D eigenvalue weighted by Crippen LogP contribution is -2.98. The van der Waals surface area contributed by atoms with Crippen LogP contribution in [0.4, 0.5) is 0 Å². The highest BCUT2D eigenvalue weighted by atomic mass is 16.3. The Bertz CT molecular complexity index is 305. The highest BCUT2D eigenvalue weighted by Gasteiger charge is 2.50. The van der Waals surface area contributed by atoms with Gasteiger partial charge in [0.25, 0.3) is 0 Å². The van der Waals surface area contributed by atoms with Crippen LogP contribution in [0.15, 0.2) is 0 Å². The van der Waals surface area contributed by atoms with Crippen molar-refractivity contribution < 1.29 is 10.4 Å². The first-order valence-electron chi connectivity index (χ1n) is 8.98. The maximum Gasteiger partial charge on any atom is 0.0918 e. The number of nitrogens with two attached hydrogens (primary N) is 1. The van der Waals surface area contributed by atoms with Crippen LogP contribution in [0.3, 0.4) is 0 Å². The molecule has 0 aliphatic heterocycles. The summed E-state index contributed by atoms with van der Waals surface area (Å²) in [7, 11) is 0. The van der Waals surface area contributed by atoms with Gasteiger partial charge in [-0.15, -0.1) is 0 Å². The number of aliphatic hydroxyl groups is 1. The molecule has 0 unspecified atom stereocenters. The lowest BCUT2D eigenvalue weighted by atomic mass is 9.54. The summed E-state index contributed by atoms with van der Waals surface area (Å²) >= 11 is 0. The standard InChI is InChI=1S/C18H33NO/c1-12(5-4-6-18(2,3)20)19-17-15-8-13-7-14(10-15)11-16(17)9-13/h12-17,19-20H,4-11H2,1-3H3/p+1/t12-,13?,14?,15?,16?,17?/m0/s1. The molecule has 0 saturated heterocycles. The van der Waals surface area contributed by atoms with E-state index in [1.54, 1.807) is 6.42 Å². The number of rotatable bonds is 6. The zero-order valence-electron chi connectivity index (χ0n) is 13.6. The van der Waals surface area contributed by atoms with Crippen LogP contribution in [-0.2, 0) is 0 Å². The monoisotopic (exact) mass is 280 g/mol. The Labute approximate surface area is 124 Å². The second-order valence-electron chi connectivity index (χ2n) is 8.88. The zero-order chi connectivity index (χ0) is 14.3. The summed E-state index contributed by atoms with van der Waals surface area (Å²) in [5.74, 6) is 4.24. The molecule has 3 N–H and O–H groups in total. The molecule has 0 heterocycles. The summed E-state index contributed by atoms with van der Waals surface area (Å²) in [5.41, 5.74) is -0.484. The molecule has 4 aliphatic rings. The third-order valence-electron chi connectivity index (χ3n) is 6.30. The van der Waals surface area contributed by atoms with Crippen LogP contribution in [0.2, 0.25) is 0 Å². The molecule has 2 heteroatoms. The highest BCUT2D eigenvalue weighted by molar-refractivity contribution is 4.98. The smallest absolute Gasteiger partial charge is 0.0918 e. The molecule has 0 radical (unpaired) electrons. The lowest BCUT2D eigenvalue weighted by Gasteiger charge is -2.53. The summed E-state index contributed by atoms with van der Waals surface area (Å²) in [6.07, 6.45) is 11.0. The van der Waals surface area contributed by atoms with E-state index >= 15 is 0 Å². The topological polar surface area (TPSA) is 36.8 Å². The lowest BCUT2D eigenvalue weighted by molar-refractivity contribution is -0.736. The van der Waals surface area contributed by atoms with Crippen molar-refractivity contribution in [2.45, 2.75) is 89.8 Å². The van der Waals surface area contributed by atoms with E-state index < -0.39 is 5.60 Å². The zero-order valence-corrected chi connectivity index (χ0v) is 13.6. The fourth-order valence-corrected chi connectivity index (χ4v) is 5.61. The first kappa shape index (κ1) is 14.8. The van der Waals surface area contributed by atoms with Crippen LogP contribution in [0.1, 0.15) is 72.1 Å². The predicted molar refractivity (Wildman–Crippen MR) is 82.4 cm³/mol. The fraction of sp³-hybridized carbons (Fsp3) is 1.00. The molecule has 0 aromatic heterocycles. The van der Waals surface area contributed by atoms with Gasteiger partial charge in [-0.1, -0.05) is 0 Å². The Kier molecular flexibility index (Phi) is 4.16. The average Bonchev–Trinajstić information content (AvgIpc) is 2.31. The van der Waals surface area contributed by atoms with E-state index in [2.05, 4.69) is 12.2 Å². The van der Waals surface area contributed by atoms with Gasteiger partial charge < -0.3 is 10.4 Å². The van der Waals surface area contributed by atoms with Gasteiger partial charge >= 0.3 is 0 Å². The molecular formula is C18H34NO+. The molecule has 4 saturated carbocycles. The van der Waals surface area contributed by atoms with E-state index in [4.69, 9.17) is 0 Å². The summed E-state index contributed by atoms with van der Waals surface area (Å²) in [5, 5.41) is 12.5. The highest BCUT2D eigenvalue weighted by Crippen LogP contribution is 2.52. The Morgan fingerprint density at radius 2 is 1.60 bits per heavy atom. The van der Waals surface area contributed by atoms with E-state index in [9.17, 15) is 5.11 Å². The second-order valence-corrected chi connectivity index (χ2v) is 8.88. The molecular weight excluding hydrogens is 246 g/mol. The van der Waals surface area contributed by atoms with Gasteiger partial charge in [0.15, 0.2) is 0 Å². The fourth-order valence-electron chi connectivity index (χ4n) is 5.61. The van der Waals surface area contributed by atoms with Crippen LogP contribution in [0, 0.1) is 23.7 Å². The van der Waals surface area contributed by atoms with Crippen molar-refractivity contribution in [3.8, 4) is 0 Å². The first-order valence-corrected chi connectivity index (χ1v) is 8.98. The van der Waals surface area contributed by atoms with Gasteiger partial charge in [-0.25, -0.2) is 0 Å². The van der Waals surface area contributed by atoms with Crippen molar-refractivity contribution in [1.82, 2.24) is 0 Å². The second kappa shape index (κ2) is 5.61. The largest absolute Gasteiger partial charge is 0.390 e. The van der Waals surface area contributed by atoms with Crippen LogP contribution < -0.4 is 5.32 Å². The third-order valence-corrected chi connectivity index (χ3v) is 6.30. The van der Waals surface area contributed by atoms with Gasteiger partial charge in [-0.3, -0.25) is 0 Å². The molecule has 0 aromatic carbocycles. The van der Waals surface area contributed by atoms with Crippen molar-refractivity contribution in [2.75, 3.05) is 0 Å². The minimum atomic E-state index is -0.484. The van der Waals surface area contributed by atoms with Gasteiger partial charge in [0.2, 0.25) is 0 Å². The van der Waals surface area contributed by atoms with Crippen LogP contribution in [0.5, 0.6) is 0 Å². The van der Waals surface area contributed by atoms with Crippen molar-refractivity contribution in [1.29, 1.82) is 0 Å². The molecule has 0 spiro atoms. The summed E-state index contributed by atoms with van der Waals surface area (Å²) < 4.78 is 0. The SMILES string of the molecule is C[C@@H](CCCC(C)(C)O)[NH2+]C1C2CC3CC(C2)CC1C3. The number of hydrogen-bond donors (Lipinski definition) is 2. The van der Waals surface area contributed by atoms with Gasteiger partial charge in [0, 0.05) is 11.8 Å². The van der Waals surface area contributed by atoms with Crippen molar-refractivity contribution in [2.24, 2.45) is 23.7 Å².